The number of carbonyl (C=O) groups is 3. The van der Waals surface area contributed by atoms with Gasteiger partial charge in [-0.05, 0) is 58.0 Å². The molecule has 2 amide bonds. The third kappa shape index (κ3) is 12.8. The molecule has 7 N–H and O–H groups in total. The fraction of sp³-hybridized carbons (Fsp3) is 0.857. The van der Waals surface area contributed by atoms with Gasteiger partial charge in [0.2, 0.25) is 11.8 Å². The summed E-state index contributed by atoms with van der Waals surface area (Å²) in [6.07, 6.45) is 9.00. The fourth-order valence-corrected chi connectivity index (χ4v) is 3.15. The molecule has 7 nitrogen and oxygen atoms in total. The normalized spacial score (nSPS) is 14.3. The minimum Gasteiger partial charge on any atom is -0.368 e. The number of rotatable bonds is 18. The van der Waals surface area contributed by atoms with Crippen LogP contribution in [0.15, 0.2) is 0 Å². The van der Waals surface area contributed by atoms with Gasteiger partial charge < -0.3 is 22.5 Å². The minimum absolute atomic E-state index is 0.112. The predicted molar refractivity (Wildman–Crippen MR) is 113 cm³/mol. The van der Waals surface area contributed by atoms with Crippen LogP contribution in [0.5, 0.6) is 0 Å². The second kappa shape index (κ2) is 16.5. The molecule has 0 aliphatic rings. The standard InChI is InChI=1S/C21H42N4O3/c1-16(10-6-8-14-22)19(26)13-5-3-4-11-17(2)21(28)25-18(20(24)27)12-7-9-15-23/h16-18H,3-15,22-23H2,1-2H3,(H2,24,27)(H,25,28)/t16-,17-,18-/m0/s1. The lowest BCUT2D eigenvalue weighted by molar-refractivity contribution is -0.129. The van der Waals surface area contributed by atoms with Crippen LogP contribution in [0.25, 0.3) is 0 Å². The highest BCUT2D eigenvalue weighted by molar-refractivity contribution is 5.87. The van der Waals surface area contributed by atoms with Gasteiger partial charge in [-0.2, -0.15) is 0 Å². The van der Waals surface area contributed by atoms with Crippen molar-refractivity contribution in [3.05, 3.63) is 0 Å². The summed E-state index contributed by atoms with van der Waals surface area (Å²) in [6.45, 7) is 5.09. The van der Waals surface area contributed by atoms with Gasteiger partial charge in [0, 0.05) is 18.3 Å². The second-order valence-electron chi connectivity index (χ2n) is 7.90. The largest absolute Gasteiger partial charge is 0.368 e. The van der Waals surface area contributed by atoms with Crippen molar-refractivity contribution in [1.82, 2.24) is 5.32 Å². The molecule has 0 aromatic carbocycles. The maximum atomic E-state index is 12.3. The SMILES string of the molecule is C[C@@H](CCCCN)C(=O)CCCCC[C@H](C)C(=O)N[C@@H](CCCCN)C(N)=O. The highest BCUT2D eigenvalue weighted by Crippen LogP contribution is 2.15. The Morgan fingerprint density at radius 3 is 1.86 bits per heavy atom. The first-order valence-corrected chi connectivity index (χ1v) is 10.9. The van der Waals surface area contributed by atoms with E-state index in [1.807, 2.05) is 13.8 Å². The number of hydrogen-bond donors (Lipinski definition) is 4. The first kappa shape index (κ1) is 26.5. The lowest BCUT2D eigenvalue weighted by Gasteiger charge is -2.18. The average molecular weight is 399 g/mol. The van der Waals surface area contributed by atoms with Gasteiger partial charge >= 0.3 is 0 Å². The molecule has 28 heavy (non-hydrogen) atoms. The maximum Gasteiger partial charge on any atom is 0.239 e. The van der Waals surface area contributed by atoms with Gasteiger partial charge in [-0.1, -0.05) is 33.1 Å². The lowest BCUT2D eigenvalue weighted by Crippen LogP contribution is -2.46. The van der Waals surface area contributed by atoms with E-state index in [-0.39, 0.29) is 17.7 Å². The summed E-state index contributed by atoms with van der Waals surface area (Å²) in [5.74, 6) is -0.383. The van der Waals surface area contributed by atoms with Gasteiger partial charge in [-0.25, -0.2) is 0 Å². The minimum atomic E-state index is -0.625. The van der Waals surface area contributed by atoms with Gasteiger partial charge in [-0.15, -0.1) is 0 Å². The van der Waals surface area contributed by atoms with Crippen molar-refractivity contribution < 1.29 is 14.4 Å². The summed E-state index contributed by atoms with van der Waals surface area (Å²) in [5.41, 5.74) is 16.3. The number of nitrogens with two attached hydrogens (primary N) is 3. The summed E-state index contributed by atoms with van der Waals surface area (Å²) >= 11 is 0. The van der Waals surface area contributed by atoms with E-state index in [1.165, 1.54) is 0 Å². The van der Waals surface area contributed by atoms with E-state index in [2.05, 4.69) is 5.32 Å². The summed E-state index contributed by atoms with van der Waals surface area (Å²) in [5, 5.41) is 2.76. The van der Waals surface area contributed by atoms with Crippen molar-refractivity contribution >= 4 is 17.6 Å². The molecular formula is C21H42N4O3. The zero-order valence-electron chi connectivity index (χ0n) is 17.9. The Morgan fingerprint density at radius 2 is 1.29 bits per heavy atom. The third-order valence-electron chi connectivity index (χ3n) is 5.26. The number of nitrogens with one attached hydrogen (secondary N) is 1. The van der Waals surface area contributed by atoms with Crippen LogP contribution < -0.4 is 22.5 Å². The number of carbonyl (C=O) groups excluding carboxylic acids is 3. The fourth-order valence-electron chi connectivity index (χ4n) is 3.15. The van der Waals surface area contributed by atoms with Crippen LogP contribution in [0, 0.1) is 11.8 Å². The Hall–Kier alpha value is -1.47. The molecule has 0 saturated carbocycles. The van der Waals surface area contributed by atoms with Crippen molar-refractivity contribution in [2.24, 2.45) is 29.0 Å². The van der Waals surface area contributed by atoms with Crippen LogP contribution in [0.2, 0.25) is 0 Å². The second-order valence-corrected chi connectivity index (χ2v) is 7.90. The number of hydrogen-bond acceptors (Lipinski definition) is 5. The first-order valence-electron chi connectivity index (χ1n) is 10.9. The van der Waals surface area contributed by atoms with Crippen molar-refractivity contribution in [2.45, 2.75) is 90.5 Å². The van der Waals surface area contributed by atoms with Crippen molar-refractivity contribution in [1.29, 1.82) is 0 Å². The lowest BCUT2D eigenvalue weighted by atomic mass is 9.94. The van der Waals surface area contributed by atoms with Crippen molar-refractivity contribution in [3.63, 3.8) is 0 Å². The number of amides is 2. The van der Waals surface area contributed by atoms with Crippen LogP contribution in [-0.2, 0) is 14.4 Å². The molecule has 164 valence electrons. The third-order valence-corrected chi connectivity index (χ3v) is 5.26. The molecule has 0 aromatic rings. The van der Waals surface area contributed by atoms with Crippen LogP contribution >= 0.6 is 0 Å². The molecule has 0 unspecified atom stereocenters. The molecule has 0 aromatic heterocycles. The van der Waals surface area contributed by atoms with Gasteiger partial charge in [0.15, 0.2) is 0 Å². The Morgan fingerprint density at radius 1 is 0.750 bits per heavy atom. The van der Waals surface area contributed by atoms with E-state index >= 15 is 0 Å². The van der Waals surface area contributed by atoms with E-state index in [4.69, 9.17) is 17.2 Å². The molecule has 0 aliphatic carbocycles. The Bertz CT molecular complexity index is 457. The Balaban J connectivity index is 4.00. The molecule has 0 radical (unpaired) electrons. The van der Waals surface area contributed by atoms with Gasteiger partial charge in [-0.3, -0.25) is 14.4 Å². The van der Waals surface area contributed by atoms with E-state index in [0.717, 1.165) is 57.8 Å². The molecule has 0 fully saturated rings. The summed E-state index contributed by atoms with van der Waals surface area (Å²) in [4.78, 5) is 35.8. The van der Waals surface area contributed by atoms with Gasteiger partial charge in [0.05, 0.1) is 0 Å². The molecule has 0 saturated heterocycles. The summed E-state index contributed by atoms with van der Waals surface area (Å²) in [6, 6.07) is -0.625. The van der Waals surface area contributed by atoms with E-state index in [0.29, 0.717) is 31.7 Å². The van der Waals surface area contributed by atoms with Gasteiger partial charge in [0.1, 0.15) is 11.8 Å². The monoisotopic (exact) mass is 398 g/mol. The number of unbranched alkanes of at least 4 members (excludes halogenated alkanes) is 4. The number of ketones is 1. The Kier molecular flexibility index (Phi) is 15.6. The van der Waals surface area contributed by atoms with Gasteiger partial charge in [0.25, 0.3) is 0 Å². The number of Topliss-reactive ketones (excluding diaryl/α,β-unsaturated/α-hetero) is 1. The molecule has 3 atom stereocenters. The maximum absolute atomic E-state index is 12.3. The Labute approximate surface area is 170 Å². The number of primary amides is 1. The highest BCUT2D eigenvalue weighted by Gasteiger charge is 2.21. The molecule has 7 heteroatoms. The van der Waals surface area contributed by atoms with Crippen molar-refractivity contribution in [3.8, 4) is 0 Å². The van der Waals surface area contributed by atoms with Crippen molar-refractivity contribution in [2.75, 3.05) is 13.1 Å². The zero-order valence-corrected chi connectivity index (χ0v) is 17.9. The first-order chi connectivity index (χ1) is 13.3. The zero-order chi connectivity index (χ0) is 21.4. The molecule has 0 heterocycles. The average Bonchev–Trinajstić information content (AvgIpc) is 2.66. The predicted octanol–water partition coefficient (Wildman–Crippen LogP) is 2.01. The molecule has 0 aliphatic heterocycles. The summed E-state index contributed by atoms with van der Waals surface area (Å²) in [7, 11) is 0. The van der Waals surface area contributed by atoms with Crippen LogP contribution in [0.4, 0.5) is 0 Å². The van der Waals surface area contributed by atoms with Crippen LogP contribution in [0.1, 0.15) is 84.5 Å². The van der Waals surface area contributed by atoms with Crippen LogP contribution in [-0.4, -0.2) is 36.7 Å². The molecule has 0 spiro atoms. The molecular weight excluding hydrogens is 356 g/mol. The smallest absolute Gasteiger partial charge is 0.239 e. The van der Waals surface area contributed by atoms with E-state index in [1.54, 1.807) is 0 Å². The van der Waals surface area contributed by atoms with Crippen LogP contribution in [0.3, 0.4) is 0 Å². The molecule has 0 rings (SSSR count). The molecule has 0 bridgehead atoms. The van der Waals surface area contributed by atoms with E-state index in [9.17, 15) is 14.4 Å². The topological polar surface area (TPSA) is 141 Å². The van der Waals surface area contributed by atoms with E-state index < -0.39 is 11.9 Å². The highest BCUT2D eigenvalue weighted by atomic mass is 16.2. The quantitative estimate of drug-likeness (QED) is 0.261. The summed E-state index contributed by atoms with van der Waals surface area (Å²) < 4.78 is 0.